The summed E-state index contributed by atoms with van der Waals surface area (Å²) < 4.78 is 13.7. The smallest absolute Gasteiger partial charge is 0.279 e. The maximum Gasteiger partial charge on any atom is 0.279 e. The number of aromatic amines is 2. The number of unbranched alkanes of at least 4 members (excludes halogenated alkanes) is 1. The van der Waals surface area contributed by atoms with Gasteiger partial charge in [-0.05, 0) is 24.5 Å². The number of fused-ring (bicyclic) bond motifs is 1. The molecule has 0 spiro atoms. The average Bonchev–Trinajstić information content (AvgIpc) is 2.91. The maximum absolute atomic E-state index is 13.7. The lowest BCUT2D eigenvalue weighted by Gasteiger charge is -2.03. The summed E-state index contributed by atoms with van der Waals surface area (Å²) in [6, 6.07) is 6.49. The molecule has 6 heteroatoms. The van der Waals surface area contributed by atoms with Gasteiger partial charge in [-0.2, -0.15) is 5.10 Å². The molecule has 0 radical (unpaired) electrons. The van der Waals surface area contributed by atoms with Crippen LogP contribution in [0.3, 0.4) is 0 Å². The van der Waals surface area contributed by atoms with Crippen molar-refractivity contribution in [2.75, 3.05) is 0 Å². The molecule has 2 aromatic heterocycles. The van der Waals surface area contributed by atoms with E-state index in [1.807, 2.05) is 0 Å². The summed E-state index contributed by atoms with van der Waals surface area (Å²) in [4.78, 5) is 19.2. The van der Waals surface area contributed by atoms with E-state index < -0.39 is 0 Å². The van der Waals surface area contributed by atoms with Crippen LogP contribution >= 0.6 is 0 Å². The Hall–Kier alpha value is -2.50. The van der Waals surface area contributed by atoms with Gasteiger partial charge >= 0.3 is 0 Å². The third-order valence-corrected chi connectivity index (χ3v) is 3.63. The average molecular weight is 300 g/mol. The summed E-state index contributed by atoms with van der Waals surface area (Å²) in [6.07, 6.45) is 3.08. The number of hydrogen-bond donors (Lipinski definition) is 2. The van der Waals surface area contributed by atoms with E-state index in [9.17, 15) is 9.18 Å². The minimum Gasteiger partial charge on any atom is -0.308 e. The number of aryl methyl sites for hydroxylation is 1. The van der Waals surface area contributed by atoms with Crippen LogP contribution in [0, 0.1) is 5.82 Å². The molecule has 0 saturated carbocycles. The van der Waals surface area contributed by atoms with Crippen molar-refractivity contribution in [3.63, 3.8) is 0 Å². The number of nitrogens with zero attached hydrogens (tertiary/aromatic N) is 2. The minimum atomic E-state index is -0.302. The number of rotatable bonds is 5. The van der Waals surface area contributed by atoms with Crippen LogP contribution in [-0.4, -0.2) is 20.2 Å². The molecular formula is C16H17FN4O. The highest BCUT2D eigenvalue weighted by molar-refractivity contribution is 5.75. The first-order chi connectivity index (χ1) is 10.7. The molecule has 0 saturated heterocycles. The van der Waals surface area contributed by atoms with Gasteiger partial charge in [-0.25, -0.2) is 9.37 Å². The zero-order valence-electron chi connectivity index (χ0n) is 12.3. The number of aromatic nitrogens is 4. The highest BCUT2D eigenvalue weighted by Gasteiger charge is 2.13. The Bertz CT molecular complexity index is 853. The Balaban J connectivity index is 2.00. The molecular weight excluding hydrogens is 283 g/mol. The fourth-order valence-corrected chi connectivity index (χ4v) is 2.44. The third kappa shape index (κ3) is 2.77. The lowest BCUT2D eigenvalue weighted by molar-refractivity contribution is 0.612. The van der Waals surface area contributed by atoms with Gasteiger partial charge in [0.05, 0.1) is 5.69 Å². The Labute approximate surface area is 126 Å². The van der Waals surface area contributed by atoms with Crippen molar-refractivity contribution in [2.45, 2.75) is 32.6 Å². The fraction of sp³-hybridized carbons (Fsp3) is 0.312. The van der Waals surface area contributed by atoms with E-state index in [0.717, 1.165) is 25.0 Å². The van der Waals surface area contributed by atoms with Gasteiger partial charge in [0.25, 0.3) is 5.56 Å². The van der Waals surface area contributed by atoms with E-state index in [1.165, 1.54) is 6.07 Å². The Morgan fingerprint density at radius 1 is 1.23 bits per heavy atom. The molecule has 0 bridgehead atoms. The molecule has 2 heterocycles. The van der Waals surface area contributed by atoms with E-state index >= 15 is 0 Å². The lowest BCUT2D eigenvalue weighted by atomic mass is 10.1. The van der Waals surface area contributed by atoms with E-state index in [1.54, 1.807) is 18.2 Å². The number of halogens is 1. The molecule has 0 atom stereocenters. The molecule has 0 aliphatic heterocycles. The van der Waals surface area contributed by atoms with Crippen LogP contribution in [0.1, 0.15) is 36.8 Å². The van der Waals surface area contributed by atoms with Gasteiger partial charge in [0, 0.05) is 6.42 Å². The molecule has 5 nitrogen and oxygen atoms in total. The van der Waals surface area contributed by atoms with Crippen molar-refractivity contribution in [2.24, 2.45) is 0 Å². The Kier molecular flexibility index (Phi) is 4.00. The normalized spacial score (nSPS) is 11.2. The van der Waals surface area contributed by atoms with Crippen molar-refractivity contribution in [1.29, 1.82) is 0 Å². The van der Waals surface area contributed by atoms with Crippen LogP contribution in [0.5, 0.6) is 0 Å². The molecule has 0 unspecified atom stereocenters. The van der Waals surface area contributed by atoms with Crippen LogP contribution in [0.2, 0.25) is 0 Å². The third-order valence-electron chi connectivity index (χ3n) is 3.63. The summed E-state index contributed by atoms with van der Waals surface area (Å²) in [5.41, 5.74) is 1.96. The summed E-state index contributed by atoms with van der Waals surface area (Å²) in [5.74, 6) is 0.144. The van der Waals surface area contributed by atoms with Crippen LogP contribution in [0.15, 0.2) is 29.1 Å². The largest absolute Gasteiger partial charge is 0.308 e. The molecule has 3 aromatic rings. The molecule has 1 aromatic carbocycles. The highest BCUT2D eigenvalue weighted by Crippen LogP contribution is 2.15. The molecule has 0 fully saturated rings. The molecule has 0 amide bonds. The second-order valence-electron chi connectivity index (χ2n) is 5.28. The molecule has 22 heavy (non-hydrogen) atoms. The van der Waals surface area contributed by atoms with Crippen molar-refractivity contribution in [1.82, 2.24) is 20.2 Å². The lowest BCUT2D eigenvalue weighted by Crippen LogP contribution is -2.12. The van der Waals surface area contributed by atoms with E-state index in [2.05, 4.69) is 27.1 Å². The van der Waals surface area contributed by atoms with Crippen LogP contribution in [0.4, 0.5) is 4.39 Å². The van der Waals surface area contributed by atoms with Gasteiger partial charge < -0.3 is 4.98 Å². The molecule has 0 aliphatic carbocycles. The Morgan fingerprint density at radius 2 is 2.05 bits per heavy atom. The first-order valence-corrected chi connectivity index (χ1v) is 7.38. The topological polar surface area (TPSA) is 74.4 Å². The van der Waals surface area contributed by atoms with E-state index in [4.69, 9.17) is 0 Å². The number of H-pyrrole nitrogens is 2. The van der Waals surface area contributed by atoms with Crippen LogP contribution in [0.25, 0.3) is 11.0 Å². The highest BCUT2D eigenvalue weighted by atomic mass is 19.1. The van der Waals surface area contributed by atoms with Gasteiger partial charge in [-0.1, -0.05) is 31.5 Å². The summed E-state index contributed by atoms with van der Waals surface area (Å²) >= 11 is 0. The van der Waals surface area contributed by atoms with Crippen molar-refractivity contribution in [3.8, 4) is 0 Å². The molecule has 0 aliphatic rings. The maximum atomic E-state index is 13.7. The molecule has 3 rings (SSSR count). The quantitative estimate of drug-likeness (QED) is 0.761. The second kappa shape index (κ2) is 6.09. The minimum absolute atomic E-state index is 0.246. The first kappa shape index (κ1) is 14.4. The first-order valence-electron chi connectivity index (χ1n) is 7.38. The number of hydrogen-bond acceptors (Lipinski definition) is 3. The standard InChI is InChI=1S/C16H17FN4O/c1-2-3-8-12-14-15(21-20-12)16(22)19-13(18-14)9-10-6-4-5-7-11(10)17/h4-7H,2-3,8-9H2,1H3,(H,20,21)(H,18,19,22). The zero-order chi connectivity index (χ0) is 15.5. The zero-order valence-corrected chi connectivity index (χ0v) is 12.3. The van der Waals surface area contributed by atoms with Gasteiger partial charge in [-0.15, -0.1) is 0 Å². The summed E-state index contributed by atoms with van der Waals surface area (Å²) in [7, 11) is 0. The van der Waals surface area contributed by atoms with Gasteiger partial charge in [0.15, 0.2) is 5.52 Å². The van der Waals surface area contributed by atoms with Crippen molar-refractivity contribution in [3.05, 3.63) is 57.5 Å². The van der Waals surface area contributed by atoms with Gasteiger partial charge in [0.2, 0.25) is 0 Å². The van der Waals surface area contributed by atoms with Crippen molar-refractivity contribution < 1.29 is 4.39 Å². The number of nitrogens with one attached hydrogen (secondary N) is 2. The predicted molar refractivity (Wildman–Crippen MR) is 82.3 cm³/mol. The Morgan fingerprint density at radius 3 is 2.82 bits per heavy atom. The number of benzene rings is 1. The fourth-order valence-electron chi connectivity index (χ4n) is 2.44. The predicted octanol–water partition coefficient (Wildman–Crippen LogP) is 2.72. The molecule has 2 N–H and O–H groups in total. The SMILES string of the molecule is CCCCc1[nH]nc2c(=O)[nH]c(Cc3ccccc3F)nc12. The summed E-state index contributed by atoms with van der Waals surface area (Å²) in [6.45, 7) is 2.10. The van der Waals surface area contributed by atoms with E-state index in [0.29, 0.717) is 22.4 Å². The van der Waals surface area contributed by atoms with Gasteiger partial charge in [-0.3, -0.25) is 9.89 Å². The van der Waals surface area contributed by atoms with Crippen LogP contribution in [-0.2, 0) is 12.8 Å². The van der Waals surface area contributed by atoms with Crippen molar-refractivity contribution >= 4 is 11.0 Å². The van der Waals surface area contributed by atoms with Crippen LogP contribution < -0.4 is 5.56 Å². The van der Waals surface area contributed by atoms with E-state index in [-0.39, 0.29) is 17.8 Å². The molecule has 114 valence electrons. The second-order valence-corrected chi connectivity index (χ2v) is 5.28. The monoisotopic (exact) mass is 300 g/mol. The summed E-state index contributed by atoms with van der Waals surface area (Å²) in [5, 5.41) is 6.92. The van der Waals surface area contributed by atoms with Gasteiger partial charge in [0.1, 0.15) is 17.2 Å².